The largest absolute Gasteiger partial charge is 0.481 e. The van der Waals surface area contributed by atoms with E-state index in [1.165, 1.54) is 4.90 Å². The number of aryl methyl sites for hydroxylation is 1. The molecule has 1 atom stereocenters. The van der Waals surface area contributed by atoms with E-state index in [1.54, 1.807) is 32.5 Å². The van der Waals surface area contributed by atoms with E-state index < -0.39 is 6.04 Å². The monoisotopic (exact) mass is 456 g/mol. The lowest BCUT2D eigenvalue weighted by Crippen LogP contribution is -2.48. The fourth-order valence-corrected chi connectivity index (χ4v) is 3.96. The van der Waals surface area contributed by atoms with Crippen molar-refractivity contribution in [1.29, 1.82) is 0 Å². The number of fused-ring (bicyclic) bond motifs is 1. The Hall–Kier alpha value is -4.13. The molecule has 0 aliphatic heterocycles. The van der Waals surface area contributed by atoms with Crippen molar-refractivity contribution in [3.05, 3.63) is 90.3 Å². The molecular weight excluding hydrogens is 428 g/mol. The van der Waals surface area contributed by atoms with Gasteiger partial charge < -0.3 is 19.9 Å². The van der Waals surface area contributed by atoms with Crippen LogP contribution in [-0.4, -0.2) is 42.0 Å². The number of nitrogens with zero attached hydrogens (tertiary/aromatic N) is 2. The van der Waals surface area contributed by atoms with Crippen LogP contribution in [0.3, 0.4) is 0 Å². The summed E-state index contributed by atoms with van der Waals surface area (Å²) in [5, 5.41) is 4.07. The summed E-state index contributed by atoms with van der Waals surface area (Å²) in [5.41, 5.74) is 3.72. The van der Waals surface area contributed by atoms with Crippen LogP contribution in [0.25, 0.3) is 10.9 Å². The second-order valence-electron chi connectivity index (χ2n) is 8.13. The van der Waals surface area contributed by atoms with E-state index in [0.717, 1.165) is 22.0 Å². The maximum Gasteiger partial charge on any atom is 0.249 e. The van der Waals surface area contributed by atoms with Crippen LogP contribution in [0.1, 0.15) is 17.5 Å². The minimum atomic E-state index is -0.704. The first-order valence-corrected chi connectivity index (χ1v) is 11.2. The number of aromatic nitrogens is 2. The van der Waals surface area contributed by atoms with Gasteiger partial charge in [-0.25, -0.2) is 4.98 Å². The first-order valence-electron chi connectivity index (χ1n) is 11.2. The van der Waals surface area contributed by atoms with Crippen LogP contribution in [0.2, 0.25) is 0 Å². The number of methoxy groups -OCH3 is 1. The van der Waals surface area contributed by atoms with Gasteiger partial charge in [0.25, 0.3) is 0 Å². The van der Waals surface area contributed by atoms with Gasteiger partial charge in [-0.15, -0.1) is 0 Å². The number of nitrogens with one attached hydrogen (secondary N) is 2. The third kappa shape index (κ3) is 5.43. The van der Waals surface area contributed by atoms with E-state index in [2.05, 4.69) is 15.3 Å². The zero-order valence-corrected chi connectivity index (χ0v) is 19.3. The number of hydrogen-bond donors (Lipinski definition) is 2. The summed E-state index contributed by atoms with van der Waals surface area (Å²) in [5.74, 6) is 0.0908. The molecule has 0 unspecified atom stereocenters. The van der Waals surface area contributed by atoms with Gasteiger partial charge in [0, 0.05) is 43.1 Å². The molecule has 174 valence electrons. The molecule has 7 nitrogen and oxygen atoms in total. The summed E-state index contributed by atoms with van der Waals surface area (Å²) >= 11 is 0. The number of para-hydroxylation sites is 1. The average molecular weight is 457 g/mol. The zero-order chi connectivity index (χ0) is 23.9. The van der Waals surface area contributed by atoms with Gasteiger partial charge in [-0.05, 0) is 29.7 Å². The number of carbonyl (C=O) groups is 2. The molecule has 7 heteroatoms. The topological polar surface area (TPSA) is 87.3 Å². The fraction of sp³-hybridized carbons (Fsp3) is 0.222. The second-order valence-corrected chi connectivity index (χ2v) is 8.13. The number of pyridine rings is 1. The van der Waals surface area contributed by atoms with E-state index in [-0.39, 0.29) is 18.2 Å². The van der Waals surface area contributed by atoms with Crippen molar-refractivity contribution in [2.45, 2.75) is 25.3 Å². The minimum absolute atomic E-state index is 0.166. The highest BCUT2D eigenvalue weighted by Crippen LogP contribution is 2.20. The minimum Gasteiger partial charge on any atom is -0.481 e. The Morgan fingerprint density at radius 3 is 2.56 bits per heavy atom. The molecule has 2 aromatic heterocycles. The predicted octanol–water partition coefficient (Wildman–Crippen LogP) is 3.89. The molecule has 2 N–H and O–H groups in total. The Labute approximate surface area is 198 Å². The average Bonchev–Trinajstić information content (AvgIpc) is 3.30. The summed E-state index contributed by atoms with van der Waals surface area (Å²) in [4.78, 5) is 35.2. The first kappa shape index (κ1) is 23.0. The molecule has 2 amide bonds. The van der Waals surface area contributed by atoms with Crippen LogP contribution in [-0.2, 0) is 22.4 Å². The standard InChI is InChI=1S/C27H28N4O3/c1-31(21-13-15-26(34-2)29-18-21)27(33)24(16-19-8-4-3-5-9-19)30-25(32)14-12-20-17-28-23-11-7-6-10-22(20)23/h3-11,13,15,17-18,24,28H,12,14,16H2,1-2H3,(H,30,32)/t24-/m0/s1. The van der Waals surface area contributed by atoms with Crippen molar-refractivity contribution in [2.24, 2.45) is 0 Å². The molecular formula is C27H28N4O3. The number of amides is 2. The Kier molecular flexibility index (Phi) is 7.22. The summed E-state index contributed by atoms with van der Waals surface area (Å²) in [6.45, 7) is 0. The van der Waals surface area contributed by atoms with Gasteiger partial charge in [-0.2, -0.15) is 0 Å². The van der Waals surface area contributed by atoms with Gasteiger partial charge in [-0.3, -0.25) is 9.59 Å². The normalized spacial score (nSPS) is 11.7. The predicted molar refractivity (Wildman–Crippen MR) is 133 cm³/mol. The highest BCUT2D eigenvalue weighted by Gasteiger charge is 2.25. The van der Waals surface area contributed by atoms with Gasteiger partial charge >= 0.3 is 0 Å². The molecule has 0 saturated carbocycles. The van der Waals surface area contributed by atoms with Crippen molar-refractivity contribution in [1.82, 2.24) is 15.3 Å². The maximum atomic E-state index is 13.4. The van der Waals surface area contributed by atoms with E-state index in [0.29, 0.717) is 24.4 Å². The van der Waals surface area contributed by atoms with Crippen LogP contribution in [0.4, 0.5) is 5.69 Å². The Morgan fingerprint density at radius 1 is 1.06 bits per heavy atom. The molecule has 0 radical (unpaired) electrons. The molecule has 34 heavy (non-hydrogen) atoms. The molecule has 0 spiro atoms. The van der Waals surface area contributed by atoms with Gasteiger partial charge in [0.2, 0.25) is 17.7 Å². The number of anilines is 1. The number of hydrogen-bond acceptors (Lipinski definition) is 4. The lowest BCUT2D eigenvalue weighted by Gasteiger charge is -2.25. The van der Waals surface area contributed by atoms with Crippen LogP contribution in [0.15, 0.2) is 79.1 Å². The third-order valence-electron chi connectivity index (χ3n) is 5.86. The lowest BCUT2D eigenvalue weighted by molar-refractivity contribution is -0.127. The Bertz CT molecular complexity index is 1250. The van der Waals surface area contributed by atoms with Crippen LogP contribution >= 0.6 is 0 Å². The zero-order valence-electron chi connectivity index (χ0n) is 19.3. The van der Waals surface area contributed by atoms with Crippen molar-refractivity contribution in [2.75, 3.05) is 19.1 Å². The third-order valence-corrected chi connectivity index (χ3v) is 5.86. The van der Waals surface area contributed by atoms with Crippen molar-refractivity contribution in [3.8, 4) is 5.88 Å². The number of aromatic amines is 1. The molecule has 2 heterocycles. The van der Waals surface area contributed by atoms with Crippen molar-refractivity contribution in [3.63, 3.8) is 0 Å². The van der Waals surface area contributed by atoms with Gasteiger partial charge in [0.1, 0.15) is 6.04 Å². The second kappa shape index (κ2) is 10.7. The summed E-state index contributed by atoms with van der Waals surface area (Å²) in [6, 6.07) is 20.4. The van der Waals surface area contributed by atoms with Crippen molar-refractivity contribution < 1.29 is 14.3 Å². The Morgan fingerprint density at radius 2 is 1.82 bits per heavy atom. The van der Waals surface area contributed by atoms with Crippen molar-refractivity contribution >= 4 is 28.4 Å². The number of ether oxygens (including phenoxy) is 1. The fourth-order valence-electron chi connectivity index (χ4n) is 3.96. The van der Waals surface area contributed by atoms with Gasteiger partial charge in [0.05, 0.1) is 19.0 Å². The highest BCUT2D eigenvalue weighted by molar-refractivity contribution is 5.99. The maximum absolute atomic E-state index is 13.4. The lowest BCUT2D eigenvalue weighted by atomic mass is 10.0. The molecule has 0 fully saturated rings. The molecule has 0 bridgehead atoms. The molecule has 4 rings (SSSR count). The summed E-state index contributed by atoms with van der Waals surface area (Å²) in [6.07, 6.45) is 4.78. The number of likely N-dealkylation sites (N-methyl/N-ethyl adjacent to an activating group) is 1. The van der Waals surface area contributed by atoms with E-state index in [1.807, 2.05) is 60.8 Å². The number of H-pyrrole nitrogens is 1. The van der Waals surface area contributed by atoms with Crippen LogP contribution in [0, 0.1) is 0 Å². The van der Waals surface area contributed by atoms with E-state index in [9.17, 15) is 9.59 Å². The number of carbonyl (C=O) groups excluding carboxylic acids is 2. The highest BCUT2D eigenvalue weighted by atomic mass is 16.5. The summed E-state index contributed by atoms with van der Waals surface area (Å²) in [7, 11) is 3.22. The SMILES string of the molecule is COc1ccc(N(C)C(=O)[C@H](Cc2ccccc2)NC(=O)CCc2c[nH]c3ccccc23)cn1. The quantitative estimate of drug-likeness (QED) is 0.400. The van der Waals surface area contributed by atoms with E-state index >= 15 is 0 Å². The Balaban J connectivity index is 1.47. The number of benzene rings is 2. The van der Waals surface area contributed by atoms with Crippen LogP contribution in [0.5, 0.6) is 5.88 Å². The van der Waals surface area contributed by atoms with E-state index in [4.69, 9.17) is 4.74 Å². The number of rotatable bonds is 9. The molecule has 0 saturated heterocycles. The summed E-state index contributed by atoms with van der Waals surface area (Å²) < 4.78 is 5.10. The van der Waals surface area contributed by atoms with Gasteiger partial charge in [0.15, 0.2) is 0 Å². The molecule has 0 aliphatic carbocycles. The molecule has 4 aromatic rings. The smallest absolute Gasteiger partial charge is 0.249 e. The van der Waals surface area contributed by atoms with Crippen LogP contribution < -0.4 is 15.0 Å². The first-order chi connectivity index (χ1) is 16.5. The molecule has 0 aliphatic rings. The van der Waals surface area contributed by atoms with Gasteiger partial charge in [-0.1, -0.05) is 48.5 Å². The molecule has 2 aromatic carbocycles.